The van der Waals surface area contributed by atoms with Crippen LogP contribution in [0, 0.1) is 6.92 Å². The zero-order valence-corrected chi connectivity index (χ0v) is 24.5. The average Bonchev–Trinajstić information content (AvgIpc) is 3.55. The molecule has 0 spiro atoms. The molecule has 0 saturated carbocycles. The van der Waals surface area contributed by atoms with Crippen molar-refractivity contribution in [2.75, 3.05) is 18.1 Å². The van der Waals surface area contributed by atoms with Gasteiger partial charge in [0.25, 0.3) is 5.78 Å². The number of amides is 1. The smallest absolute Gasteiger partial charge is 0.301 e. The van der Waals surface area contributed by atoms with Gasteiger partial charge in [0, 0.05) is 11.3 Å². The highest BCUT2D eigenvalue weighted by Crippen LogP contribution is 2.44. The fourth-order valence-electron chi connectivity index (χ4n) is 4.51. The van der Waals surface area contributed by atoms with Crippen molar-refractivity contribution in [2.45, 2.75) is 36.9 Å². The standard InChI is InChI=1S/C31H29N3O5S2/c1-4-38-23-15-13-21(14-16-23)27(35)25-26(22-7-6-8-24(17-22)39-5-2)34(29(37)28(25)36)30-32-33-31(41-30)40-18-20-11-9-19(3)10-12-20/h6-17,26,35H,4-5,18H2,1-3H3/b27-25+. The Morgan fingerprint density at radius 3 is 2.37 bits per heavy atom. The number of aliphatic hydroxyl groups is 1. The first-order chi connectivity index (χ1) is 19.9. The molecule has 1 N–H and O–H groups in total. The van der Waals surface area contributed by atoms with Crippen molar-refractivity contribution in [3.63, 3.8) is 0 Å². The largest absolute Gasteiger partial charge is 0.507 e. The molecule has 10 heteroatoms. The van der Waals surface area contributed by atoms with E-state index in [0.717, 1.165) is 5.56 Å². The number of aryl methyl sites for hydroxylation is 1. The summed E-state index contributed by atoms with van der Waals surface area (Å²) in [5.41, 5.74) is 3.29. The van der Waals surface area contributed by atoms with E-state index in [1.165, 1.54) is 33.6 Å². The minimum Gasteiger partial charge on any atom is -0.507 e. The number of hydrogen-bond acceptors (Lipinski definition) is 9. The highest BCUT2D eigenvalue weighted by Gasteiger charge is 2.48. The maximum Gasteiger partial charge on any atom is 0.301 e. The molecule has 0 bridgehead atoms. The van der Waals surface area contributed by atoms with Gasteiger partial charge in [-0.05, 0) is 68.3 Å². The minimum atomic E-state index is -0.926. The molecule has 4 aromatic rings. The summed E-state index contributed by atoms with van der Waals surface area (Å²) in [6, 6.07) is 21.2. The molecule has 2 heterocycles. The van der Waals surface area contributed by atoms with Crippen molar-refractivity contribution in [2.24, 2.45) is 0 Å². The number of aliphatic hydroxyl groups excluding tert-OH is 1. The summed E-state index contributed by atoms with van der Waals surface area (Å²) in [4.78, 5) is 28.3. The van der Waals surface area contributed by atoms with E-state index in [1.54, 1.807) is 48.5 Å². The summed E-state index contributed by atoms with van der Waals surface area (Å²) in [6.45, 7) is 6.75. The van der Waals surface area contributed by atoms with Crippen molar-refractivity contribution in [3.05, 3.63) is 101 Å². The number of benzene rings is 3. The second kappa shape index (κ2) is 12.6. The normalized spacial score (nSPS) is 16.3. The van der Waals surface area contributed by atoms with Gasteiger partial charge in [-0.15, -0.1) is 10.2 Å². The van der Waals surface area contributed by atoms with Crippen LogP contribution in [0.5, 0.6) is 11.5 Å². The average molecular weight is 588 g/mol. The van der Waals surface area contributed by atoms with E-state index in [-0.39, 0.29) is 16.5 Å². The molecule has 0 radical (unpaired) electrons. The monoisotopic (exact) mass is 587 g/mol. The fraction of sp³-hybridized carbons (Fsp3) is 0.226. The third-order valence-corrected chi connectivity index (χ3v) is 8.58. The van der Waals surface area contributed by atoms with E-state index in [9.17, 15) is 14.7 Å². The van der Waals surface area contributed by atoms with Crippen molar-refractivity contribution in [3.8, 4) is 11.5 Å². The van der Waals surface area contributed by atoms with Crippen LogP contribution >= 0.6 is 23.1 Å². The van der Waals surface area contributed by atoms with Gasteiger partial charge in [0.1, 0.15) is 17.3 Å². The van der Waals surface area contributed by atoms with E-state index < -0.39 is 17.7 Å². The maximum atomic E-state index is 13.5. The fourth-order valence-corrected chi connectivity index (χ4v) is 6.33. The van der Waals surface area contributed by atoms with Gasteiger partial charge in [0.2, 0.25) is 5.13 Å². The van der Waals surface area contributed by atoms with Crippen LogP contribution in [0.15, 0.2) is 82.7 Å². The molecule has 1 aromatic heterocycles. The van der Waals surface area contributed by atoms with Crippen LogP contribution in [0.2, 0.25) is 0 Å². The van der Waals surface area contributed by atoms with Crippen LogP contribution in [0.3, 0.4) is 0 Å². The molecular formula is C31H29N3O5S2. The van der Waals surface area contributed by atoms with Crippen LogP contribution in [0.4, 0.5) is 5.13 Å². The van der Waals surface area contributed by atoms with E-state index in [4.69, 9.17) is 9.47 Å². The Kier molecular flexibility index (Phi) is 8.70. The Balaban J connectivity index is 1.53. The van der Waals surface area contributed by atoms with Crippen LogP contribution in [0.1, 0.15) is 42.1 Å². The van der Waals surface area contributed by atoms with E-state index in [1.807, 2.05) is 20.8 Å². The van der Waals surface area contributed by atoms with Gasteiger partial charge >= 0.3 is 5.91 Å². The van der Waals surface area contributed by atoms with Crippen LogP contribution in [0.25, 0.3) is 5.76 Å². The van der Waals surface area contributed by atoms with Crippen molar-refractivity contribution < 1.29 is 24.2 Å². The van der Waals surface area contributed by atoms with Crippen molar-refractivity contribution >= 4 is 45.7 Å². The molecule has 1 aliphatic heterocycles. The van der Waals surface area contributed by atoms with Gasteiger partial charge in [0.05, 0.1) is 24.8 Å². The number of anilines is 1. The highest BCUT2D eigenvalue weighted by molar-refractivity contribution is 8.00. The number of ketones is 1. The second-order valence-corrected chi connectivity index (χ2v) is 11.4. The Labute approximate surface area is 246 Å². The summed E-state index contributed by atoms with van der Waals surface area (Å²) < 4.78 is 11.9. The predicted octanol–water partition coefficient (Wildman–Crippen LogP) is 6.56. The molecule has 8 nitrogen and oxygen atoms in total. The summed E-state index contributed by atoms with van der Waals surface area (Å²) in [5.74, 6) is 0.0472. The van der Waals surface area contributed by atoms with Gasteiger partial charge in [-0.25, -0.2) is 0 Å². The van der Waals surface area contributed by atoms with Crippen molar-refractivity contribution in [1.29, 1.82) is 0 Å². The topological polar surface area (TPSA) is 102 Å². The summed E-state index contributed by atoms with van der Waals surface area (Å²) >= 11 is 2.73. The molecule has 1 unspecified atom stereocenters. The number of nitrogens with zero attached hydrogens (tertiary/aromatic N) is 3. The summed E-state index contributed by atoms with van der Waals surface area (Å²) in [7, 11) is 0. The lowest BCUT2D eigenvalue weighted by atomic mass is 9.95. The van der Waals surface area contributed by atoms with Crippen LogP contribution < -0.4 is 14.4 Å². The molecule has 41 heavy (non-hydrogen) atoms. The Morgan fingerprint density at radius 2 is 1.66 bits per heavy atom. The molecule has 5 rings (SSSR count). The quantitative estimate of drug-likeness (QED) is 0.0732. The van der Waals surface area contributed by atoms with Crippen molar-refractivity contribution in [1.82, 2.24) is 10.2 Å². The lowest BCUT2D eigenvalue weighted by Gasteiger charge is -2.23. The zero-order valence-electron chi connectivity index (χ0n) is 22.9. The maximum absolute atomic E-state index is 13.5. The molecular weight excluding hydrogens is 558 g/mol. The van der Waals surface area contributed by atoms with E-state index in [2.05, 4.69) is 34.5 Å². The predicted molar refractivity (Wildman–Crippen MR) is 161 cm³/mol. The highest BCUT2D eigenvalue weighted by atomic mass is 32.2. The van der Waals surface area contributed by atoms with Gasteiger partial charge in [-0.2, -0.15) is 0 Å². The number of Topliss-reactive ketones (excluding diaryl/α,β-unsaturated/α-hetero) is 1. The van der Waals surface area contributed by atoms with Crippen LogP contribution in [-0.2, 0) is 15.3 Å². The van der Waals surface area contributed by atoms with Gasteiger partial charge in [-0.3, -0.25) is 14.5 Å². The minimum absolute atomic E-state index is 0.0307. The summed E-state index contributed by atoms with van der Waals surface area (Å²) in [6.07, 6.45) is 0. The molecule has 1 atom stereocenters. The van der Waals surface area contributed by atoms with Crippen LogP contribution in [-0.4, -0.2) is 40.2 Å². The molecule has 1 aliphatic rings. The van der Waals surface area contributed by atoms with Gasteiger partial charge in [-0.1, -0.05) is 65.1 Å². The number of ether oxygens (including phenoxy) is 2. The number of carbonyl (C=O) groups is 2. The molecule has 1 saturated heterocycles. The Hall–Kier alpha value is -4.15. The lowest BCUT2D eigenvalue weighted by molar-refractivity contribution is -0.132. The van der Waals surface area contributed by atoms with E-state index in [0.29, 0.717) is 45.9 Å². The molecule has 210 valence electrons. The van der Waals surface area contributed by atoms with E-state index >= 15 is 0 Å². The molecule has 1 fully saturated rings. The molecule has 1 amide bonds. The first-order valence-corrected chi connectivity index (χ1v) is 15.0. The Bertz CT molecular complexity index is 1580. The SMILES string of the molecule is CCOc1ccc(/C(O)=C2\C(=O)C(=O)N(c3nnc(SCc4ccc(C)cc4)s3)C2c2cccc(OCC)c2)cc1. The first kappa shape index (κ1) is 28.4. The molecule has 3 aromatic carbocycles. The van der Waals surface area contributed by atoms with Gasteiger partial charge in [0.15, 0.2) is 4.34 Å². The first-order valence-electron chi connectivity index (χ1n) is 13.2. The number of rotatable bonds is 10. The number of hydrogen-bond donors (Lipinski definition) is 1. The Morgan fingerprint density at radius 1 is 0.951 bits per heavy atom. The lowest BCUT2D eigenvalue weighted by Crippen LogP contribution is -2.29. The molecule has 0 aliphatic carbocycles. The third kappa shape index (κ3) is 6.13. The number of thioether (sulfide) groups is 1. The summed E-state index contributed by atoms with van der Waals surface area (Å²) in [5, 5.41) is 20.3. The number of aromatic nitrogens is 2. The van der Waals surface area contributed by atoms with Gasteiger partial charge < -0.3 is 14.6 Å². The third-order valence-electron chi connectivity index (χ3n) is 6.45. The zero-order chi connectivity index (χ0) is 28.9. The second-order valence-electron chi connectivity index (χ2n) is 9.26. The number of carbonyl (C=O) groups excluding carboxylic acids is 2.